The Labute approximate surface area is 117 Å². The lowest BCUT2D eigenvalue weighted by Gasteiger charge is -2.23. The van der Waals surface area contributed by atoms with Gasteiger partial charge >= 0.3 is 6.01 Å². The van der Waals surface area contributed by atoms with Gasteiger partial charge in [0, 0.05) is 0 Å². The summed E-state index contributed by atoms with van der Waals surface area (Å²) in [6.07, 6.45) is 0.667. The molecule has 0 bridgehead atoms. The van der Waals surface area contributed by atoms with Crippen molar-refractivity contribution in [2.24, 2.45) is 5.92 Å². The first kappa shape index (κ1) is 12.7. The summed E-state index contributed by atoms with van der Waals surface area (Å²) >= 11 is 0. The molecule has 1 amide bonds. The van der Waals surface area contributed by atoms with Crippen LogP contribution >= 0.6 is 0 Å². The van der Waals surface area contributed by atoms with Gasteiger partial charge in [0.15, 0.2) is 0 Å². The second-order valence-electron chi connectivity index (χ2n) is 4.97. The Morgan fingerprint density at radius 1 is 1.35 bits per heavy atom. The maximum absolute atomic E-state index is 12.2. The number of hydrogen-bond acceptors (Lipinski definition) is 4. The van der Waals surface area contributed by atoms with E-state index in [1.54, 1.807) is 0 Å². The zero-order valence-electron chi connectivity index (χ0n) is 11.5. The first-order valence-corrected chi connectivity index (χ1v) is 6.59. The molecule has 0 radical (unpaired) electrons. The van der Waals surface area contributed by atoms with E-state index in [-0.39, 0.29) is 17.8 Å². The lowest BCUT2D eigenvalue weighted by Crippen LogP contribution is -2.32. The van der Waals surface area contributed by atoms with Gasteiger partial charge in [0.1, 0.15) is 18.1 Å². The standard InChI is InChI=1S/C15H16N2O3/c1-9-10(2)20-15(16-9)17-14(18)12-7-11-5-3-4-6-13(11)19-8-12/h3-6,12H,7-8H2,1-2H3,(H,16,17,18)/t12-/m0/s1. The molecule has 0 fully saturated rings. The number of nitrogens with one attached hydrogen (secondary N) is 1. The van der Waals surface area contributed by atoms with Gasteiger partial charge in [0.05, 0.1) is 11.6 Å². The number of anilines is 1. The van der Waals surface area contributed by atoms with Gasteiger partial charge in [-0.05, 0) is 31.9 Å². The Bertz CT molecular complexity index is 629. The maximum Gasteiger partial charge on any atom is 0.301 e. The molecule has 2 heterocycles. The van der Waals surface area contributed by atoms with Gasteiger partial charge < -0.3 is 9.15 Å². The molecule has 1 N–H and O–H groups in total. The van der Waals surface area contributed by atoms with E-state index in [2.05, 4.69) is 10.3 Å². The smallest absolute Gasteiger partial charge is 0.301 e. The van der Waals surface area contributed by atoms with Gasteiger partial charge in [-0.1, -0.05) is 18.2 Å². The quantitative estimate of drug-likeness (QED) is 0.912. The van der Waals surface area contributed by atoms with E-state index < -0.39 is 0 Å². The molecule has 5 heteroatoms. The Morgan fingerprint density at radius 3 is 2.90 bits per heavy atom. The Kier molecular flexibility index (Phi) is 3.18. The molecule has 0 saturated heterocycles. The van der Waals surface area contributed by atoms with E-state index in [0.717, 1.165) is 17.0 Å². The largest absolute Gasteiger partial charge is 0.492 e. The highest BCUT2D eigenvalue weighted by Crippen LogP contribution is 2.27. The molecular weight excluding hydrogens is 256 g/mol. The van der Waals surface area contributed by atoms with E-state index in [4.69, 9.17) is 9.15 Å². The van der Waals surface area contributed by atoms with Crippen LogP contribution in [0.5, 0.6) is 5.75 Å². The van der Waals surface area contributed by atoms with E-state index in [0.29, 0.717) is 18.8 Å². The van der Waals surface area contributed by atoms with Crippen LogP contribution in [-0.4, -0.2) is 17.5 Å². The third kappa shape index (κ3) is 2.39. The molecule has 104 valence electrons. The Hall–Kier alpha value is -2.30. The van der Waals surface area contributed by atoms with Crippen LogP contribution in [0.3, 0.4) is 0 Å². The minimum atomic E-state index is -0.225. The van der Waals surface area contributed by atoms with Gasteiger partial charge in [-0.2, -0.15) is 4.98 Å². The highest BCUT2D eigenvalue weighted by Gasteiger charge is 2.26. The van der Waals surface area contributed by atoms with Crippen molar-refractivity contribution in [3.05, 3.63) is 41.3 Å². The molecule has 0 aliphatic carbocycles. The van der Waals surface area contributed by atoms with Crippen molar-refractivity contribution in [3.8, 4) is 5.75 Å². The number of para-hydroxylation sites is 1. The van der Waals surface area contributed by atoms with E-state index in [1.807, 2.05) is 38.1 Å². The average Bonchev–Trinajstić information content (AvgIpc) is 2.76. The summed E-state index contributed by atoms with van der Waals surface area (Å²) in [5, 5.41) is 2.71. The van der Waals surface area contributed by atoms with Gasteiger partial charge in [-0.3, -0.25) is 10.1 Å². The summed E-state index contributed by atoms with van der Waals surface area (Å²) in [6.45, 7) is 4.04. The van der Waals surface area contributed by atoms with Crippen LogP contribution in [0.4, 0.5) is 6.01 Å². The molecule has 20 heavy (non-hydrogen) atoms. The number of fused-ring (bicyclic) bond motifs is 1. The summed E-state index contributed by atoms with van der Waals surface area (Å²) in [7, 11) is 0. The summed E-state index contributed by atoms with van der Waals surface area (Å²) < 4.78 is 11.0. The van der Waals surface area contributed by atoms with Crippen LogP contribution in [-0.2, 0) is 11.2 Å². The zero-order valence-corrected chi connectivity index (χ0v) is 11.5. The monoisotopic (exact) mass is 272 g/mol. The van der Waals surface area contributed by atoms with Crippen LogP contribution in [0.15, 0.2) is 28.7 Å². The zero-order chi connectivity index (χ0) is 14.1. The SMILES string of the molecule is Cc1nc(NC(=O)[C@@H]2COc3ccccc3C2)oc1C. The first-order valence-electron chi connectivity index (χ1n) is 6.59. The van der Waals surface area contributed by atoms with E-state index >= 15 is 0 Å². The minimum absolute atomic E-state index is 0.124. The van der Waals surface area contributed by atoms with Crippen molar-refractivity contribution in [1.82, 2.24) is 4.98 Å². The summed E-state index contributed by atoms with van der Waals surface area (Å²) in [5.74, 6) is 1.23. The van der Waals surface area contributed by atoms with Gasteiger partial charge in [0.25, 0.3) is 0 Å². The number of ether oxygens (including phenoxy) is 1. The van der Waals surface area contributed by atoms with Crippen molar-refractivity contribution in [1.29, 1.82) is 0 Å². The van der Waals surface area contributed by atoms with E-state index in [9.17, 15) is 4.79 Å². The molecule has 1 aliphatic rings. The number of oxazole rings is 1. The molecule has 0 saturated carbocycles. The molecular formula is C15H16N2O3. The average molecular weight is 272 g/mol. The normalized spacial score (nSPS) is 17.2. The number of nitrogens with zero attached hydrogens (tertiary/aromatic N) is 1. The second kappa shape index (κ2) is 5.00. The highest BCUT2D eigenvalue weighted by molar-refractivity contribution is 5.91. The van der Waals surface area contributed by atoms with Crippen LogP contribution in [0.1, 0.15) is 17.0 Å². The molecule has 0 spiro atoms. The number of aryl methyl sites for hydroxylation is 2. The fraction of sp³-hybridized carbons (Fsp3) is 0.333. The molecule has 1 aromatic heterocycles. The van der Waals surface area contributed by atoms with Crippen LogP contribution in [0.25, 0.3) is 0 Å². The predicted molar refractivity (Wildman–Crippen MR) is 73.7 cm³/mol. The van der Waals surface area contributed by atoms with Crippen molar-refractivity contribution < 1.29 is 13.9 Å². The maximum atomic E-state index is 12.2. The molecule has 1 aliphatic heterocycles. The number of benzene rings is 1. The summed E-state index contributed by atoms with van der Waals surface area (Å²) in [5.41, 5.74) is 1.84. The molecule has 1 atom stereocenters. The third-order valence-corrected chi connectivity index (χ3v) is 3.51. The number of hydrogen-bond donors (Lipinski definition) is 1. The number of aromatic nitrogens is 1. The Balaban J connectivity index is 1.70. The third-order valence-electron chi connectivity index (χ3n) is 3.51. The molecule has 3 rings (SSSR count). The number of amides is 1. The summed E-state index contributed by atoms with van der Waals surface area (Å²) in [4.78, 5) is 16.4. The molecule has 0 unspecified atom stereocenters. The fourth-order valence-electron chi connectivity index (χ4n) is 2.23. The topological polar surface area (TPSA) is 64.4 Å². The lowest BCUT2D eigenvalue weighted by molar-refractivity contribution is -0.121. The molecule has 1 aromatic carbocycles. The summed E-state index contributed by atoms with van der Waals surface area (Å²) in [6, 6.07) is 8.03. The van der Waals surface area contributed by atoms with Crippen molar-refractivity contribution in [2.75, 3.05) is 11.9 Å². The van der Waals surface area contributed by atoms with Crippen molar-refractivity contribution in [2.45, 2.75) is 20.3 Å². The number of rotatable bonds is 2. The molecule has 5 nitrogen and oxygen atoms in total. The van der Waals surface area contributed by atoms with Crippen molar-refractivity contribution in [3.63, 3.8) is 0 Å². The van der Waals surface area contributed by atoms with Crippen molar-refractivity contribution >= 4 is 11.9 Å². The Morgan fingerprint density at radius 2 is 2.15 bits per heavy atom. The highest BCUT2D eigenvalue weighted by atomic mass is 16.5. The van der Waals surface area contributed by atoms with Gasteiger partial charge in [-0.15, -0.1) is 0 Å². The fourth-order valence-corrected chi connectivity index (χ4v) is 2.23. The molecule has 2 aromatic rings. The number of carbonyl (C=O) groups excluding carboxylic acids is 1. The van der Waals surface area contributed by atoms with E-state index in [1.165, 1.54) is 0 Å². The number of carbonyl (C=O) groups is 1. The van der Waals surface area contributed by atoms with Gasteiger partial charge in [-0.25, -0.2) is 0 Å². The van der Waals surface area contributed by atoms with Crippen LogP contribution in [0, 0.1) is 19.8 Å². The predicted octanol–water partition coefficient (Wildman–Crippen LogP) is 2.48. The minimum Gasteiger partial charge on any atom is -0.492 e. The second-order valence-corrected chi connectivity index (χ2v) is 4.97. The lowest BCUT2D eigenvalue weighted by atomic mass is 9.96. The van der Waals surface area contributed by atoms with Crippen LogP contribution in [0.2, 0.25) is 0 Å². The first-order chi connectivity index (χ1) is 9.63. The van der Waals surface area contributed by atoms with Crippen LogP contribution < -0.4 is 10.1 Å². The van der Waals surface area contributed by atoms with Gasteiger partial charge in [0.2, 0.25) is 5.91 Å².